The van der Waals surface area contributed by atoms with Crippen LogP contribution in [0.4, 0.5) is 9.93 Å². The molecule has 1 N–H and O–H groups in total. The van der Waals surface area contributed by atoms with Gasteiger partial charge in [0.1, 0.15) is 6.54 Å². The Morgan fingerprint density at radius 3 is 2.55 bits per heavy atom. The molecule has 3 aromatic rings. The number of amides is 3. The monoisotopic (exact) mass is 537 g/mol. The topological polar surface area (TPSA) is 79.4 Å². The fourth-order valence-corrected chi connectivity index (χ4v) is 5.09. The number of hydrogen-bond acceptors (Lipinski definition) is 6. The molecule has 0 radical (unpaired) electrons. The van der Waals surface area contributed by atoms with E-state index in [4.69, 9.17) is 34.8 Å². The molecule has 0 atom stereocenters. The molecule has 33 heavy (non-hydrogen) atoms. The van der Waals surface area contributed by atoms with Gasteiger partial charge in [-0.15, -0.1) is 11.3 Å². The number of thioether (sulfide) groups is 1. The van der Waals surface area contributed by atoms with Crippen molar-refractivity contribution >= 4 is 86.2 Å². The quantitative estimate of drug-likeness (QED) is 0.369. The van der Waals surface area contributed by atoms with Crippen LogP contribution in [-0.4, -0.2) is 33.5 Å². The summed E-state index contributed by atoms with van der Waals surface area (Å²) in [7, 11) is 0. The van der Waals surface area contributed by atoms with E-state index < -0.39 is 23.6 Å². The van der Waals surface area contributed by atoms with Gasteiger partial charge in [0.25, 0.3) is 11.1 Å². The summed E-state index contributed by atoms with van der Waals surface area (Å²) in [5.74, 6) is -1.03. The number of nitrogens with one attached hydrogen (secondary N) is 1. The first kappa shape index (κ1) is 23.8. The Kier molecular flexibility index (Phi) is 7.41. The smallest absolute Gasteiger partial charge is 0.294 e. The third kappa shape index (κ3) is 5.96. The molecule has 168 valence electrons. The van der Waals surface area contributed by atoms with Crippen LogP contribution in [0.2, 0.25) is 15.1 Å². The number of thiazole rings is 1. The number of anilines is 1. The second-order valence-electron chi connectivity index (χ2n) is 6.92. The summed E-state index contributed by atoms with van der Waals surface area (Å²) in [6.45, 7) is -0.398. The number of nitrogens with zero attached hydrogens (tertiary/aromatic N) is 2. The molecular weight excluding hydrogens is 525 g/mol. The summed E-state index contributed by atoms with van der Waals surface area (Å²) in [5, 5.41) is 4.02. The lowest BCUT2D eigenvalue weighted by Crippen LogP contribution is -2.36. The molecule has 1 aliphatic heterocycles. The van der Waals surface area contributed by atoms with Gasteiger partial charge in [-0.3, -0.25) is 19.3 Å². The normalized spacial score (nSPS) is 14.9. The predicted molar refractivity (Wildman–Crippen MR) is 134 cm³/mol. The van der Waals surface area contributed by atoms with Crippen molar-refractivity contribution in [2.75, 3.05) is 11.9 Å². The van der Waals surface area contributed by atoms with Crippen LogP contribution in [0, 0.1) is 0 Å². The van der Waals surface area contributed by atoms with E-state index in [0.29, 0.717) is 26.6 Å². The highest BCUT2D eigenvalue weighted by molar-refractivity contribution is 8.18. The fourth-order valence-electron chi connectivity index (χ4n) is 2.95. The molecule has 1 saturated heterocycles. The number of imide groups is 1. The minimum Gasteiger partial charge on any atom is -0.300 e. The van der Waals surface area contributed by atoms with E-state index in [2.05, 4.69) is 10.3 Å². The van der Waals surface area contributed by atoms with Crippen LogP contribution >= 0.6 is 57.9 Å². The third-order valence-corrected chi connectivity index (χ3v) is 7.32. The molecule has 3 amide bonds. The van der Waals surface area contributed by atoms with Crippen molar-refractivity contribution in [3.05, 3.63) is 84.6 Å². The van der Waals surface area contributed by atoms with Crippen LogP contribution in [-0.2, 0) is 16.0 Å². The highest BCUT2D eigenvalue weighted by Gasteiger charge is 2.36. The standard InChI is InChI=1S/C22H14Cl3N3O3S2/c23-14-4-1-12(2-5-14)9-18-20(30)28(22(31)33-18)11-19(29)27-21-26-10-15(32-21)7-13-3-6-16(24)17(25)8-13/h1-6,8-10H,7,11H2,(H,26,27,29)/b18-9-. The van der Waals surface area contributed by atoms with Crippen LogP contribution in [0.25, 0.3) is 6.08 Å². The van der Waals surface area contributed by atoms with Gasteiger partial charge >= 0.3 is 0 Å². The van der Waals surface area contributed by atoms with E-state index in [1.165, 1.54) is 11.3 Å². The number of rotatable bonds is 6. The Morgan fingerprint density at radius 1 is 1.06 bits per heavy atom. The summed E-state index contributed by atoms with van der Waals surface area (Å²) >= 11 is 19.9. The number of halogens is 3. The van der Waals surface area contributed by atoms with Crippen molar-refractivity contribution in [1.29, 1.82) is 0 Å². The molecule has 4 rings (SSSR count). The first-order valence-corrected chi connectivity index (χ1v) is 12.2. The van der Waals surface area contributed by atoms with Crippen LogP contribution < -0.4 is 5.32 Å². The Bertz CT molecular complexity index is 1280. The van der Waals surface area contributed by atoms with Crippen molar-refractivity contribution in [3.8, 4) is 0 Å². The Labute approximate surface area is 212 Å². The molecule has 0 spiro atoms. The van der Waals surface area contributed by atoms with Crippen LogP contribution in [0.3, 0.4) is 0 Å². The molecule has 0 saturated carbocycles. The average Bonchev–Trinajstić information content (AvgIpc) is 3.31. The van der Waals surface area contributed by atoms with Gasteiger partial charge in [0, 0.05) is 22.5 Å². The van der Waals surface area contributed by atoms with Crippen molar-refractivity contribution in [2.24, 2.45) is 0 Å². The fraction of sp³-hybridized carbons (Fsp3) is 0.0909. The number of benzene rings is 2. The first-order valence-electron chi connectivity index (χ1n) is 9.48. The van der Waals surface area contributed by atoms with Gasteiger partial charge in [-0.1, -0.05) is 53.0 Å². The molecular formula is C22H14Cl3N3O3S2. The molecule has 0 bridgehead atoms. The first-order chi connectivity index (χ1) is 15.8. The van der Waals surface area contributed by atoms with E-state index in [1.54, 1.807) is 48.7 Å². The van der Waals surface area contributed by atoms with Gasteiger partial charge in [-0.05, 0) is 53.2 Å². The van der Waals surface area contributed by atoms with E-state index in [1.807, 2.05) is 6.07 Å². The van der Waals surface area contributed by atoms with Gasteiger partial charge in [0.2, 0.25) is 5.91 Å². The van der Waals surface area contributed by atoms with Gasteiger partial charge in [-0.2, -0.15) is 0 Å². The van der Waals surface area contributed by atoms with Crippen molar-refractivity contribution in [2.45, 2.75) is 6.42 Å². The maximum Gasteiger partial charge on any atom is 0.294 e. The van der Waals surface area contributed by atoms with Crippen molar-refractivity contribution in [3.63, 3.8) is 0 Å². The average molecular weight is 539 g/mol. The lowest BCUT2D eigenvalue weighted by molar-refractivity contribution is -0.127. The van der Waals surface area contributed by atoms with Crippen LogP contribution in [0.15, 0.2) is 53.6 Å². The maximum atomic E-state index is 12.6. The zero-order valence-electron chi connectivity index (χ0n) is 16.7. The second kappa shape index (κ2) is 10.3. The molecule has 0 aliphatic carbocycles. The molecule has 1 aliphatic rings. The third-order valence-electron chi connectivity index (χ3n) is 4.51. The van der Waals surface area contributed by atoms with E-state index >= 15 is 0 Å². The van der Waals surface area contributed by atoms with Gasteiger partial charge in [0.15, 0.2) is 5.13 Å². The van der Waals surface area contributed by atoms with Gasteiger partial charge in [-0.25, -0.2) is 4.98 Å². The Morgan fingerprint density at radius 2 is 1.82 bits per heavy atom. The van der Waals surface area contributed by atoms with Crippen LogP contribution in [0.5, 0.6) is 0 Å². The van der Waals surface area contributed by atoms with Crippen LogP contribution in [0.1, 0.15) is 16.0 Å². The molecule has 2 aromatic carbocycles. The summed E-state index contributed by atoms with van der Waals surface area (Å²) < 4.78 is 0. The molecule has 6 nitrogen and oxygen atoms in total. The minimum atomic E-state index is -0.519. The van der Waals surface area contributed by atoms with Gasteiger partial charge < -0.3 is 5.32 Å². The van der Waals surface area contributed by atoms with E-state index in [9.17, 15) is 14.4 Å². The minimum absolute atomic E-state index is 0.244. The second-order valence-corrected chi connectivity index (χ2v) is 10.3. The number of carbonyl (C=O) groups is 3. The maximum absolute atomic E-state index is 12.6. The summed E-state index contributed by atoms with van der Waals surface area (Å²) in [6, 6.07) is 12.2. The SMILES string of the molecule is O=C(CN1C(=O)S/C(=C\c2ccc(Cl)cc2)C1=O)Nc1ncc(Cc2ccc(Cl)c(Cl)c2)s1. The largest absolute Gasteiger partial charge is 0.300 e. The Balaban J connectivity index is 1.36. The number of carbonyl (C=O) groups excluding carboxylic acids is 3. The lowest BCUT2D eigenvalue weighted by Gasteiger charge is -2.11. The Hall–Kier alpha value is -2.36. The summed E-state index contributed by atoms with van der Waals surface area (Å²) in [5.41, 5.74) is 1.68. The highest BCUT2D eigenvalue weighted by Crippen LogP contribution is 2.32. The van der Waals surface area contributed by atoms with E-state index in [0.717, 1.165) is 32.7 Å². The molecule has 11 heteroatoms. The molecule has 1 fully saturated rings. The lowest BCUT2D eigenvalue weighted by atomic mass is 10.1. The molecule has 0 unspecified atom stereocenters. The number of hydrogen-bond donors (Lipinski definition) is 1. The number of aromatic nitrogens is 1. The summed E-state index contributed by atoms with van der Waals surface area (Å²) in [4.78, 5) is 43.6. The highest BCUT2D eigenvalue weighted by atomic mass is 35.5. The van der Waals surface area contributed by atoms with Gasteiger partial charge in [0.05, 0.1) is 15.0 Å². The predicted octanol–water partition coefficient (Wildman–Crippen LogP) is 6.37. The molecule has 2 heterocycles. The van der Waals surface area contributed by atoms with Crippen molar-refractivity contribution in [1.82, 2.24) is 9.88 Å². The molecule has 1 aromatic heterocycles. The van der Waals surface area contributed by atoms with E-state index in [-0.39, 0.29) is 4.91 Å². The van der Waals surface area contributed by atoms with Crippen molar-refractivity contribution < 1.29 is 14.4 Å². The zero-order valence-corrected chi connectivity index (χ0v) is 20.6. The zero-order chi connectivity index (χ0) is 23.5. The summed E-state index contributed by atoms with van der Waals surface area (Å²) in [6.07, 6.45) is 3.82.